The molecular formula is C14H18ClN3O4. The molecule has 120 valence electrons. The highest BCUT2D eigenvalue weighted by Gasteiger charge is 2.12. The number of carbonyl (C=O) groups excluding carboxylic acids is 1. The number of nitrogens with one attached hydrogen (secondary N) is 1. The molecule has 0 bridgehead atoms. The van der Waals surface area contributed by atoms with Crippen LogP contribution in [0.4, 0.5) is 5.69 Å². The minimum absolute atomic E-state index is 0. The number of carbonyl (C=O) groups is 1. The highest BCUT2D eigenvalue weighted by Crippen LogP contribution is 2.16. The zero-order valence-electron chi connectivity index (χ0n) is 12.1. The van der Waals surface area contributed by atoms with Crippen LogP contribution < -0.4 is 15.8 Å². The summed E-state index contributed by atoms with van der Waals surface area (Å²) in [4.78, 5) is 12.0. The molecule has 0 atom stereocenters. The van der Waals surface area contributed by atoms with Crippen molar-refractivity contribution in [1.29, 1.82) is 0 Å². The molecule has 0 aliphatic rings. The molecule has 1 aromatic carbocycles. The van der Waals surface area contributed by atoms with Gasteiger partial charge in [0.05, 0.1) is 0 Å². The minimum Gasteiger partial charge on any atom is -0.492 e. The summed E-state index contributed by atoms with van der Waals surface area (Å²) in [7, 11) is 1.54. The highest BCUT2D eigenvalue weighted by atomic mass is 35.5. The molecule has 0 fully saturated rings. The Bertz CT molecular complexity index is 586. The molecule has 0 aliphatic heterocycles. The fourth-order valence-corrected chi connectivity index (χ4v) is 1.64. The molecule has 8 heteroatoms. The maximum atomic E-state index is 12.0. The molecule has 1 amide bonds. The van der Waals surface area contributed by atoms with Crippen LogP contribution in [-0.4, -0.2) is 31.3 Å². The Balaban J connectivity index is 0.00000242. The van der Waals surface area contributed by atoms with Crippen molar-refractivity contribution >= 4 is 24.0 Å². The van der Waals surface area contributed by atoms with E-state index in [1.165, 1.54) is 13.2 Å². The predicted octanol–water partition coefficient (Wildman–Crippen LogP) is 1.83. The number of hydrogen-bond donors (Lipinski definition) is 2. The van der Waals surface area contributed by atoms with Crippen molar-refractivity contribution in [2.45, 2.75) is 6.61 Å². The maximum absolute atomic E-state index is 12.0. The molecule has 1 aromatic heterocycles. The summed E-state index contributed by atoms with van der Waals surface area (Å²) in [5.41, 5.74) is 6.19. The lowest BCUT2D eigenvalue weighted by Gasteiger charge is -2.06. The number of anilines is 1. The van der Waals surface area contributed by atoms with E-state index in [1.54, 1.807) is 24.3 Å². The third-order valence-corrected chi connectivity index (χ3v) is 2.58. The Morgan fingerprint density at radius 2 is 2.09 bits per heavy atom. The van der Waals surface area contributed by atoms with Crippen LogP contribution in [0.2, 0.25) is 0 Å². The van der Waals surface area contributed by atoms with E-state index in [-0.39, 0.29) is 30.6 Å². The second-order valence-electron chi connectivity index (χ2n) is 4.23. The van der Waals surface area contributed by atoms with Gasteiger partial charge in [-0.1, -0.05) is 5.16 Å². The van der Waals surface area contributed by atoms with Crippen molar-refractivity contribution < 1.29 is 18.8 Å². The van der Waals surface area contributed by atoms with E-state index in [0.29, 0.717) is 30.3 Å². The number of halogens is 1. The van der Waals surface area contributed by atoms with Gasteiger partial charge >= 0.3 is 0 Å². The van der Waals surface area contributed by atoms with Gasteiger partial charge in [-0.3, -0.25) is 4.79 Å². The molecule has 0 aliphatic carbocycles. The zero-order chi connectivity index (χ0) is 15.1. The van der Waals surface area contributed by atoms with Crippen LogP contribution in [0.5, 0.6) is 5.75 Å². The second-order valence-corrected chi connectivity index (χ2v) is 4.23. The van der Waals surface area contributed by atoms with Gasteiger partial charge in [0.25, 0.3) is 5.91 Å². The van der Waals surface area contributed by atoms with Crippen molar-refractivity contribution in [2.24, 2.45) is 5.73 Å². The van der Waals surface area contributed by atoms with Gasteiger partial charge in [-0.05, 0) is 24.3 Å². The van der Waals surface area contributed by atoms with Crippen LogP contribution in [0.3, 0.4) is 0 Å². The summed E-state index contributed by atoms with van der Waals surface area (Å²) in [6.07, 6.45) is 0. The standard InChI is InChI=1S/C14H17N3O4.ClH/c1-19-9-12-8-13(17-21-12)14(18)16-10-2-4-11(5-3-10)20-7-6-15;/h2-5,8H,6-7,9,15H2,1H3,(H,16,18);1H. The van der Waals surface area contributed by atoms with Gasteiger partial charge in [0.2, 0.25) is 0 Å². The normalized spacial score (nSPS) is 9.91. The van der Waals surface area contributed by atoms with Gasteiger partial charge in [-0.2, -0.15) is 0 Å². The number of nitrogens with two attached hydrogens (primary N) is 1. The smallest absolute Gasteiger partial charge is 0.277 e. The van der Waals surface area contributed by atoms with E-state index in [4.69, 9.17) is 19.7 Å². The molecule has 1 heterocycles. The van der Waals surface area contributed by atoms with Gasteiger partial charge in [0.1, 0.15) is 19.0 Å². The first-order chi connectivity index (χ1) is 10.2. The number of amides is 1. The Labute approximate surface area is 134 Å². The molecule has 0 radical (unpaired) electrons. The fourth-order valence-electron chi connectivity index (χ4n) is 1.64. The Morgan fingerprint density at radius 3 is 2.73 bits per heavy atom. The van der Waals surface area contributed by atoms with Gasteiger partial charge in [-0.15, -0.1) is 12.4 Å². The number of aromatic nitrogens is 1. The van der Waals surface area contributed by atoms with E-state index in [9.17, 15) is 4.79 Å². The first kappa shape index (κ1) is 18.0. The van der Waals surface area contributed by atoms with E-state index >= 15 is 0 Å². The molecule has 0 saturated heterocycles. The van der Waals surface area contributed by atoms with Crippen LogP contribution in [0.1, 0.15) is 16.2 Å². The first-order valence-electron chi connectivity index (χ1n) is 6.41. The predicted molar refractivity (Wildman–Crippen MR) is 83.4 cm³/mol. The van der Waals surface area contributed by atoms with E-state index in [0.717, 1.165) is 0 Å². The molecule has 22 heavy (non-hydrogen) atoms. The molecular weight excluding hydrogens is 310 g/mol. The summed E-state index contributed by atoms with van der Waals surface area (Å²) in [5, 5.41) is 6.40. The molecule has 2 aromatic rings. The third kappa shape index (κ3) is 5.03. The molecule has 2 rings (SSSR count). The number of nitrogens with zero attached hydrogens (tertiary/aromatic N) is 1. The average molecular weight is 328 g/mol. The van der Waals surface area contributed by atoms with Gasteiger partial charge in [-0.25, -0.2) is 0 Å². The zero-order valence-corrected chi connectivity index (χ0v) is 12.9. The number of rotatable bonds is 7. The van der Waals surface area contributed by atoms with Crippen LogP contribution in [0, 0.1) is 0 Å². The van der Waals surface area contributed by atoms with Crippen LogP contribution in [-0.2, 0) is 11.3 Å². The summed E-state index contributed by atoms with van der Waals surface area (Å²) in [6, 6.07) is 8.52. The van der Waals surface area contributed by atoms with Crippen molar-refractivity contribution in [1.82, 2.24) is 5.16 Å². The molecule has 0 spiro atoms. The van der Waals surface area contributed by atoms with Gasteiger partial charge in [0, 0.05) is 25.4 Å². The van der Waals surface area contributed by atoms with Crippen molar-refractivity contribution in [3.8, 4) is 5.75 Å². The van der Waals surface area contributed by atoms with E-state index in [1.807, 2.05) is 0 Å². The quantitative estimate of drug-likeness (QED) is 0.804. The minimum atomic E-state index is -0.350. The fraction of sp³-hybridized carbons (Fsp3) is 0.286. The summed E-state index contributed by atoms with van der Waals surface area (Å²) in [5.74, 6) is 0.840. The molecule has 3 N–H and O–H groups in total. The van der Waals surface area contributed by atoms with Crippen molar-refractivity contribution in [3.05, 3.63) is 41.8 Å². The second kappa shape index (κ2) is 9.04. The summed E-state index contributed by atoms with van der Waals surface area (Å²) < 4.78 is 15.2. The molecule has 7 nitrogen and oxygen atoms in total. The molecule has 0 saturated carbocycles. The summed E-state index contributed by atoms with van der Waals surface area (Å²) in [6.45, 7) is 1.18. The topological polar surface area (TPSA) is 99.6 Å². The maximum Gasteiger partial charge on any atom is 0.277 e. The number of methoxy groups -OCH3 is 1. The number of ether oxygens (including phenoxy) is 2. The number of benzene rings is 1. The Morgan fingerprint density at radius 1 is 1.36 bits per heavy atom. The third-order valence-electron chi connectivity index (χ3n) is 2.58. The van der Waals surface area contributed by atoms with Gasteiger partial charge < -0.3 is 25.0 Å². The van der Waals surface area contributed by atoms with Crippen molar-refractivity contribution in [3.63, 3.8) is 0 Å². The first-order valence-corrected chi connectivity index (χ1v) is 6.41. The molecule has 0 unspecified atom stereocenters. The number of hydrogen-bond acceptors (Lipinski definition) is 6. The summed E-state index contributed by atoms with van der Waals surface area (Å²) >= 11 is 0. The highest BCUT2D eigenvalue weighted by molar-refractivity contribution is 6.02. The lowest BCUT2D eigenvalue weighted by atomic mass is 10.3. The average Bonchev–Trinajstić information content (AvgIpc) is 2.96. The van der Waals surface area contributed by atoms with Crippen molar-refractivity contribution in [2.75, 3.05) is 25.6 Å². The van der Waals surface area contributed by atoms with E-state index < -0.39 is 0 Å². The van der Waals surface area contributed by atoms with E-state index in [2.05, 4.69) is 10.5 Å². The van der Waals surface area contributed by atoms with Crippen LogP contribution in [0.25, 0.3) is 0 Å². The monoisotopic (exact) mass is 327 g/mol. The SMILES string of the molecule is COCc1cc(C(=O)Nc2ccc(OCCN)cc2)no1.Cl. The Hall–Kier alpha value is -2.09. The van der Waals surface area contributed by atoms with Gasteiger partial charge in [0.15, 0.2) is 11.5 Å². The Kier molecular flexibility index (Phi) is 7.38. The lowest BCUT2D eigenvalue weighted by Crippen LogP contribution is -2.12. The van der Waals surface area contributed by atoms with Crippen LogP contribution in [0.15, 0.2) is 34.9 Å². The van der Waals surface area contributed by atoms with Crippen LogP contribution >= 0.6 is 12.4 Å². The lowest BCUT2D eigenvalue weighted by molar-refractivity contribution is 0.101. The largest absolute Gasteiger partial charge is 0.492 e.